The minimum absolute atomic E-state index is 0.0986. The molecule has 0 radical (unpaired) electrons. The van der Waals surface area contributed by atoms with Gasteiger partial charge in [-0.3, -0.25) is 4.79 Å². The molecule has 2 aromatic carbocycles. The lowest BCUT2D eigenvalue weighted by atomic mass is 10.0. The van der Waals surface area contributed by atoms with Crippen LogP contribution in [0.25, 0.3) is 0 Å². The first kappa shape index (κ1) is 29.7. The van der Waals surface area contributed by atoms with Gasteiger partial charge in [0.1, 0.15) is 18.2 Å². The Morgan fingerprint density at radius 3 is 2.38 bits per heavy atom. The van der Waals surface area contributed by atoms with Crippen LogP contribution in [0.1, 0.15) is 69.8 Å². The molecule has 0 aliphatic carbocycles. The van der Waals surface area contributed by atoms with E-state index in [1.54, 1.807) is 43.9 Å². The summed E-state index contributed by atoms with van der Waals surface area (Å²) in [5, 5.41) is 5.22. The second kappa shape index (κ2) is 13.3. The van der Waals surface area contributed by atoms with Gasteiger partial charge in [-0.15, -0.1) is 0 Å². The summed E-state index contributed by atoms with van der Waals surface area (Å²) < 4.78 is 10.9. The number of rotatable bonds is 9. The number of urea groups is 1. The molecule has 210 valence electrons. The number of anilines is 1. The van der Waals surface area contributed by atoms with Crippen LogP contribution >= 0.6 is 0 Å². The molecule has 3 amide bonds. The molecule has 1 aliphatic rings. The van der Waals surface area contributed by atoms with Crippen molar-refractivity contribution in [3.63, 3.8) is 0 Å². The summed E-state index contributed by atoms with van der Waals surface area (Å²) in [6, 6.07) is 14.3. The van der Waals surface area contributed by atoms with Gasteiger partial charge in [-0.1, -0.05) is 50.2 Å². The van der Waals surface area contributed by atoms with E-state index in [1.807, 2.05) is 30.3 Å². The molecule has 39 heavy (non-hydrogen) atoms. The molecule has 0 spiro atoms. The van der Waals surface area contributed by atoms with Crippen LogP contribution in [0.4, 0.5) is 10.5 Å². The molecule has 0 bridgehead atoms. The molecule has 9 nitrogen and oxygen atoms in total. The fourth-order valence-corrected chi connectivity index (χ4v) is 4.59. The molecule has 9 heteroatoms. The fourth-order valence-electron chi connectivity index (χ4n) is 4.59. The molecule has 1 heterocycles. The van der Waals surface area contributed by atoms with Crippen LogP contribution in [-0.4, -0.2) is 53.0 Å². The number of esters is 2. The van der Waals surface area contributed by atoms with Crippen LogP contribution in [0.3, 0.4) is 0 Å². The van der Waals surface area contributed by atoms with E-state index in [-0.39, 0.29) is 30.7 Å². The summed E-state index contributed by atoms with van der Waals surface area (Å²) in [5.74, 6) is -0.952. The molecule has 2 aromatic rings. The quantitative estimate of drug-likeness (QED) is 0.439. The maximum absolute atomic E-state index is 13.2. The van der Waals surface area contributed by atoms with Crippen molar-refractivity contribution in [3.05, 3.63) is 65.7 Å². The van der Waals surface area contributed by atoms with Crippen molar-refractivity contribution >= 4 is 29.6 Å². The van der Waals surface area contributed by atoms with Gasteiger partial charge in [-0.2, -0.15) is 0 Å². The summed E-state index contributed by atoms with van der Waals surface area (Å²) in [4.78, 5) is 52.7. The lowest BCUT2D eigenvalue weighted by Crippen LogP contribution is -2.51. The van der Waals surface area contributed by atoms with Gasteiger partial charge in [-0.05, 0) is 69.7 Å². The van der Waals surface area contributed by atoms with E-state index in [0.717, 1.165) is 12.0 Å². The van der Waals surface area contributed by atoms with E-state index in [9.17, 15) is 19.2 Å². The van der Waals surface area contributed by atoms with Crippen molar-refractivity contribution in [2.45, 2.75) is 78.2 Å². The Balaban J connectivity index is 1.57. The number of nitrogens with zero attached hydrogens (tertiary/aromatic N) is 1. The third kappa shape index (κ3) is 9.12. The van der Waals surface area contributed by atoms with Crippen molar-refractivity contribution in [2.75, 3.05) is 11.9 Å². The largest absolute Gasteiger partial charge is 0.458 e. The predicted octanol–water partition coefficient (Wildman–Crippen LogP) is 4.91. The molecule has 3 rings (SSSR count). The molecule has 0 saturated carbocycles. The molecule has 1 saturated heterocycles. The van der Waals surface area contributed by atoms with Gasteiger partial charge in [0, 0.05) is 11.7 Å². The molecule has 0 unspecified atom stereocenters. The topological polar surface area (TPSA) is 114 Å². The Kier molecular flexibility index (Phi) is 10.1. The first-order valence-corrected chi connectivity index (χ1v) is 13.3. The highest BCUT2D eigenvalue weighted by atomic mass is 16.6. The Morgan fingerprint density at radius 2 is 1.72 bits per heavy atom. The third-order valence-electron chi connectivity index (χ3n) is 6.18. The number of carbonyl (C=O) groups excluding carboxylic acids is 4. The highest BCUT2D eigenvalue weighted by molar-refractivity contribution is 5.95. The summed E-state index contributed by atoms with van der Waals surface area (Å²) in [6.07, 6.45) is 1.98. The van der Waals surface area contributed by atoms with Gasteiger partial charge >= 0.3 is 18.0 Å². The first-order chi connectivity index (χ1) is 18.4. The zero-order valence-corrected chi connectivity index (χ0v) is 23.4. The third-order valence-corrected chi connectivity index (χ3v) is 6.18. The van der Waals surface area contributed by atoms with Crippen molar-refractivity contribution in [2.24, 2.45) is 5.92 Å². The minimum atomic E-state index is -0.677. The van der Waals surface area contributed by atoms with Crippen molar-refractivity contribution in [1.29, 1.82) is 0 Å². The van der Waals surface area contributed by atoms with E-state index >= 15 is 0 Å². The van der Waals surface area contributed by atoms with Gasteiger partial charge in [0.05, 0.1) is 12.1 Å². The van der Waals surface area contributed by atoms with E-state index in [2.05, 4.69) is 24.5 Å². The highest BCUT2D eigenvalue weighted by Gasteiger charge is 2.42. The van der Waals surface area contributed by atoms with Gasteiger partial charge in [0.15, 0.2) is 0 Å². The van der Waals surface area contributed by atoms with Crippen LogP contribution in [-0.2, 0) is 25.7 Å². The molecule has 2 N–H and O–H groups in total. The highest BCUT2D eigenvalue weighted by Crippen LogP contribution is 2.30. The predicted molar refractivity (Wildman–Crippen MR) is 148 cm³/mol. The standard InChI is InChI=1S/C30H39N3O6/c1-20(2)16-24-14-15-25(28(36)39-30(3,4)5)33(24)26(34)18-31-29(37)32-23-13-9-12-22(17-23)27(35)38-19-21-10-7-6-8-11-21/h6-13,17,20,24-25H,14-16,18-19H2,1-5H3,(H2,31,32,37)/t24-,25+/m1/s1. The maximum atomic E-state index is 13.2. The average molecular weight is 538 g/mol. The van der Waals surface area contributed by atoms with Crippen molar-refractivity contribution in [1.82, 2.24) is 10.2 Å². The summed E-state index contributed by atoms with van der Waals surface area (Å²) in [5.41, 5.74) is 0.864. The van der Waals surface area contributed by atoms with E-state index in [4.69, 9.17) is 9.47 Å². The number of hydrogen-bond donors (Lipinski definition) is 2. The summed E-state index contributed by atoms with van der Waals surface area (Å²) in [7, 11) is 0. The number of hydrogen-bond acceptors (Lipinski definition) is 6. The minimum Gasteiger partial charge on any atom is -0.458 e. The van der Waals surface area contributed by atoms with Crippen LogP contribution < -0.4 is 10.6 Å². The summed E-state index contributed by atoms with van der Waals surface area (Å²) >= 11 is 0. The van der Waals surface area contributed by atoms with E-state index in [1.165, 1.54) is 6.07 Å². The average Bonchev–Trinajstić information content (AvgIpc) is 3.29. The number of benzene rings is 2. The van der Waals surface area contributed by atoms with Crippen LogP contribution in [0, 0.1) is 5.92 Å². The Labute approximate surface area is 230 Å². The van der Waals surface area contributed by atoms with Gasteiger partial charge in [-0.25, -0.2) is 14.4 Å². The molecular formula is C30H39N3O6. The maximum Gasteiger partial charge on any atom is 0.338 e. The second-order valence-electron chi connectivity index (χ2n) is 11.2. The Hall–Kier alpha value is -3.88. The lowest BCUT2D eigenvalue weighted by molar-refractivity contribution is -0.164. The zero-order chi connectivity index (χ0) is 28.6. The second-order valence-corrected chi connectivity index (χ2v) is 11.2. The number of likely N-dealkylation sites (tertiary alicyclic amines) is 1. The number of ether oxygens (including phenoxy) is 2. The monoisotopic (exact) mass is 537 g/mol. The number of nitrogens with one attached hydrogen (secondary N) is 2. The van der Waals surface area contributed by atoms with Crippen molar-refractivity contribution < 1.29 is 28.7 Å². The summed E-state index contributed by atoms with van der Waals surface area (Å²) in [6.45, 7) is 9.38. The zero-order valence-electron chi connectivity index (χ0n) is 23.4. The van der Waals surface area contributed by atoms with Crippen LogP contribution in [0.15, 0.2) is 54.6 Å². The van der Waals surface area contributed by atoms with Crippen LogP contribution in [0.5, 0.6) is 0 Å². The molecule has 1 fully saturated rings. The normalized spacial score (nSPS) is 17.0. The van der Waals surface area contributed by atoms with Gasteiger partial charge < -0.3 is 25.0 Å². The Bertz CT molecular complexity index is 1160. The first-order valence-electron chi connectivity index (χ1n) is 13.3. The molecule has 1 aliphatic heterocycles. The number of carbonyl (C=O) groups is 4. The fraction of sp³-hybridized carbons (Fsp3) is 0.467. The lowest BCUT2D eigenvalue weighted by Gasteiger charge is -2.32. The SMILES string of the molecule is CC(C)C[C@H]1CC[C@@H](C(=O)OC(C)(C)C)N1C(=O)CNC(=O)Nc1cccc(C(=O)OCc2ccccc2)c1. The Morgan fingerprint density at radius 1 is 1.00 bits per heavy atom. The van der Waals surface area contributed by atoms with Crippen LogP contribution in [0.2, 0.25) is 0 Å². The number of amides is 3. The van der Waals surface area contributed by atoms with Gasteiger partial charge in [0.2, 0.25) is 5.91 Å². The van der Waals surface area contributed by atoms with E-state index < -0.39 is 29.6 Å². The molecule has 0 aromatic heterocycles. The van der Waals surface area contributed by atoms with Crippen molar-refractivity contribution in [3.8, 4) is 0 Å². The van der Waals surface area contributed by atoms with E-state index in [0.29, 0.717) is 24.4 Å². The smallest absolute Gasteiger partial charge is 0.338 e. The van der Waals surface area contributed by atoms with Gasteiger partial charge in [0.25, 0.3) is 0 Å². The molecule has 2 atom stereocenters. The molecular weight excluding hydrogens is 498 g/mol.